The first-order valence-electron chi connectivity index (χ1n) is 13.0. The molecule has 0 saturated carbocycles. The average Bonchev–Trinajstić information content (AvgIpc) is 3.32. The first-order valence-corrected chi connectivity index (χ1v) is 13.0. The largest absolute Gasteiger partial charge is 0.453 e. The van der Waals surface area contributed by atoms with Gasteiger partial charge in [0.2, 0.25) is 0 Å². The van der Waals surface area contributed by atoms with Crippen LogP contribution in [0.25, 0.3) is 16.8 Å². The van der Waals surface area contributed by atoms with E-state index in [0.29, 0.717) is 36.4 Å². The number of alkyl carbamates (subject to hydrolysis) is 1. The van der Waals surface area contributed by atoms with Gasteiger partial charge in [0.15, 0.2) is 0 Å². The predicted molar refractivity (Wildman–Crippen MR) is 145 cm³/mol. The van der Waals surface area contributed by atoms with Gasteiger partial charge in [0.05, 0.1) is 36.1 Å². The normalized spacial score (nSPS) is 19.1. The van der Waals surface area contributed by atoms with Crippen molar-refractivity contribution in [3.63, 3.8) is 0 Å². The number of hydrogen-bond acceptors (Lipinski definition) is 8. The van der Waals surface area contributed by atoms with Crippen molar-refractivity contribution in [2.45, 2.75) is 31.8 Å². The van der Waals surface area contributed by atoms with Crippen molar-refractivity contribution in [2.75, 3.05) is 31.7 Å². The van der Waals surface area contributed by atoms with Gasteiger partial charge in [-0.25, -0.2) is 23.1 Å². The summed E-state index contributed by atoms with van der Waals surface area (Å²) in [7, 11) is 1.32. The number of piperidine rings is 1. The number of rotatable bonds is 7. The third-order valence-electron chi connectivity index (χ3n) is 7.26. The molecule has 0 radical (unpaired) electrons. The van der Waals surface area contributed by atoms with Crippen molar-refractivity contribution in [1.29, 1.82) is 0 Å². The summed E-state index contributed by atoms with van der Waals surface area (Å²) in [5.41, 5.74) is 9.20. The summed E-state index contributed by atoms with van der Waals surface area (Å²) in [4.78, 5) is 22.8. The third-order valence-corrected chi connectivity index (χ3v) is 7.26. The monoisotopic (exact) mass is 551 g/mol. The highest BCUT2D eigenvalue weighted by Crippen LogP contribution is 2.29. The van der Waals surface area contributed by atoms with E-state index in [0.717, 1.165) is 11.3 Å². The Kier molecular flexibility index (Phi) is 7.90. The molecule has 4 N–H and O–H groups in total. The molecule has 1 saturated heterocycles. The molecular formula is C28H31F2N7O3. The lowest BCUT2D eigenvalue weighted by Crippen LogP contribution is -2.62. The zero-order valence-corrected chi connectivity index (χ0v) is 22.2. The number of anilines is 1. The SMILES string of the molecule is COC(=O)N[C@@H]1[C@H](N)CN(c2ccncc2Cc2ncc3ccc(-c4c(F)cc(CCO)cc4F)nn23)C[C@@H]1C. The molecule has 12 heteroatoms. The second kappa shape index (κ2) is 11.5. The van der Waals surface area contributed by atoms with Gasteiger partial charge in [-0.15, -0.1) is 0 Å². The van der Waals surface area contributed by atoms with Gasteiger partial charge in [0, 0.05) is 55.8 Å². The van der Waals surface area contributed by atoms with Crippen molar-refractivity contribution in [3.05, 3.63) is 77.5 Å². The Bertz CT molecular complexity index is 1490. The molecule has 3 atom stereocenters. The minimum absolute atomic E-state index is 0.0499. The maximum atomic E-state index is 14.9. The summed E-state index contributed by atoms with van der Waals surface area (Å²) in [5, 5.41) is 16.5. The summed E-state index contributed by atoms with van der Waals surface area (Å²) in [6.45, 7) is 2.97. The van der Waals surface area contributed by atoms with Gasteiger partial charge in [-0.2, -0.15) is 5.10 Å². The Morgan fingerprint density at radius 1 is 1.20 bits per heavy atom. The predicted octanol–water partition coefficient (Wildman–Crippen LogP) is 2.70. The summed E-state index contributed by atoms with van der Waals surface area (Å²) < 4.78 is 36.1. The van der Waals surface area contributed by atoms with Gasteiger partial charge in [-0.1, -0.05) is 6.92 Å². The first kappa shape index (κ1) is 27.4. The lowest BCUT2D eigenvalue weighted by atomic mass is 9.89. The smallest absolute Gasteiger partial charge is 0.407 e. The molecule has 1 aliphatic rings. The van der Waals surface area contributed by atoms with Gasteiger partial charge in [0.1, 0.15) is 17.5 Å². The molecule has 1 aromatic carbocycles. The number of halogens is 2. The van der Waals surface area contributed by atoms with Gasteiger partial charge in [-0.3, -0.25) is 4.98 Å². The minimum Gasteiger partial charge on any atom is -0.453 e. The average molecular weight is 552 g/mol. The number of nitrogens with one attached hydrogen (secondary N) is 1. The number of carbonyl (C=O) groups is 1. The first-order chi connectivity index (χ1) is 19.3. The number of ether oxygens (including phenoxy) is 1. The van der Waals surface area contributed by atoms with E-state index in [-0.39, 0.29) is 42.3 Å². The van der Waals surface area contributed by atoms with E-state index in [4.69, 9.17) is 15.6 Å². The van der Waals surface area contributed by atoms with Gasteiger partial charge in [0.25, 0.3) is 0 Å². The molecule has 1 fully saturated rings. The highest BCUT2D eigenvalue weighted by molar-refractivity contribution is 5.68. The molecule has 3 aromatic heterocycles. The third kappa shape index (κ3) is 5.45. The Morgan fingerprint density at radius 2 is 1.98 bits per heavy atom. The number of carbonyl (C=O) groups excluding carboxylic acids is 1. The molecule has 0 unspecified atom stereocenters. The minimum atomic E-state index is -0.748. The lowest BCUT2D eigenvalue weighted by molar-refractivity contribution is 0.156. The van der Waals surface area contributed by atoms with E-state index < -0.39 is 17.7 Å². The summed E-state index contributed by atoms with van der Waals surface area (Å²) in [6, 6.07) is 7.05. The van der Waals surface area contributed by atoms with E-state index >= 15 is 0 Å². The van der Waals surface area contributed by atoms with Crippen LogP contribution in [0.2, 0.25) is 0 Å². The molecule has 1 aliphatic heterocycles. The van der Waals surface area contributed by atoms with Crippen LogP contribution >= 0.6 is 0 Å². The van der Waals surface area contributed by atoms with Crippen LogP contribution in [0.5, 0.6) is 0 Å². The van der Waals surface area contributed by atoms with E-state index in [9.17, 15) is 13.6 Å². The maximum absolute atomic E-state index is 14.9. The maximum Gasteiger partial charge on any atom is 0.407 e. The molecule has 40 heavy (non-hydrogen) atoms. The van der Waals surface area contributed by atoms with Crippen molar-refractivity contribution >= 4 is 17.3 Å². The summed E-state index contributed by atoms with van der Waals surface area (Å²) >= 11 is 0. The van der Waals surface area contributed by atoms with Gasteiger partial charge in [-0.05, 0) is 48.2 Å². The number of nitrogens with two attached hydrogens (primary N) is 1. The van der Waals surface area contributed by atoms with Crippen LogP contribution in [-0.4, -0.2) is 69.7 Å². The van der Waals surface area contributed by atoms with Crippen LogP contribution in [0, 0.1) is 17.6 Å². The number of imidazole rings is 1. The van der Waals surface area contributed by atoms with E-state index in [1.165, 1.54) is 19.2 Å². The van der Waals surface area contributed by atoms with Gasteiger partial charge < -0.3 is 25.8 Å². The van der Waals surface area contributed by atoms with Crippen LogP contribution in [0.3, 0.4) is 0 Å². The second-order valence-electron chi connectivity index (χ2n) is 10.0. The number of methoxy groups -OCH3 is 1. The van der Waals surface area contributed by atoms with Gasteiger partial charge >= 0.3 is 6.09 Å². The Morgan fingerprint density at radius 3 is 2.67 bits per heavy atom. The standard InChI is InChI=1S/C28H31F2N7O3/c1-16-14-36(15-22(31)27(16)34-28(39)40-2)24-5-7-32-12-18(24)11-25-33-13-19-3-4-23(35-37(19)25)26-20(29)9-17(6-8-38)10-21(26)30/h3-5,7,9-10,12-13,16,22,27,38H,6,8,11,14-15,31H2,1-2H3,(H,34,39)/t16-,22+,27-/m0/s1. The molecule has 0 spiro atoms. The van der Waals surface area contributed by atoms with Crippen LogP contribution < -0.4 is 16.0 Å². The van der Waals surface area contributed by atoms with Crippen molar-refractivity contribution in [3.8, 4) is 11.3 Å². The van der Waals surface area contributed by atoms with Crippen LogP contribution in [0.15, 0.2) is 48.9 Å². The molecule has 0 aliphatic carbocycles. The Labute approximate surface area is 229 Å². The topological polar surface area (TPSA) is 131 Å². The number of aliphatic hydroxyl groups excluding tert-OH is 1. The molecule has 4 aromatic rings. The zero-order valence-electron chi connectivity index (χ0n) is 22.2. The zero-order chi connectivity index (χ0) is 28.4. The molecule has 4 heterocycles. The number of aliphatic hydroxyl groups is 1. The number of hydrogen-bond donors (Lipinski definition) is 3. The quantitative estimate of drug-likeness (QED) is 0.320. The van der Waals surface area contributed by atoms with Crippen molar-refractivity contribution < 1.29 is 23.4 Å². The number of pyridine rings is 1. The van der Waals surface area contributed by atoms with E-state index in [1.54, 1.807) is 35.2 Å². The number of nitrogens with zero attached hydrogens (tertiary/aromatic N) is 5. The number of aromatic nitrogens is 4. The van der Waals surface area contributed by atoms with E-state index in [2.05, 4.69) is 25.3 Å². The van der Waals surface area contributed by atoms with E-state index in [1.807, 2.05) is 13.0 Å². The Hall–Kier alpha value is -4.16. The fourth-order valence-corrected chi connectivity index (χ4v) is 5.33. The summed E-state index contributed by atoms with van der Waals surface area (Å²) in [5.74, 6) is -0.874. The molecular weight excluding hydrogens is 520 g/mol. The number of fused-ring (bicyclic) bond motifs is 1. The lowest BCUT2D eigenvalue weighted by Gasteiger charge is -2.42. The fraction of sp³-hybridized carbons (Fsp3) is 0.357. The van der Waals surface area contributed by atoms with Crippen molar-refractivity contribution in [1.82, 2.24) is 24.9 Å². The van der Waals surface area contributed by atoms with Crippen LogP contribution in [0.4, 0.5) is 19.3 Å². The highest BCUT2D eigenvalue weighted by Gasteiger charge is 2.34. The second-order valence-corrected chi connectivity index (χ2v) is 10.0. The fourth-order valence-electron chi connectivity index (χ4n) is 5.33. The molecule has 1 amide bonds. The number of benzene rings is 1. The summed E-state index contributed by atoms with van der Waals surface area (Å²) in [6.07, 6.45) is 5.13. The number of amides is 1. The Balaban J connectivity index is 1.43. The molecule has 5 rings (SSSR count). The van der Waals surface area contributed by atoms with Crippen LogP contribution in [-0.2, 0) is 17.6 Å². The highest BCUT2D eigenvalue weighted by atomic mass is 19.1. The molecule has 0 bridgehead atoms. The molecule has 210 valence electrons. The molecule has 10 nitrogen and oxygen atoms in total. The van der Waals surface area contributed by atoms with Crippen molar-refractivity contribution in [2.24, 2.45) is 11.7 Å². The van der Waals surface area contributed by atoms with Crippen LogP contribution in [0.1, 0.15) is 23.9 Å².